The van der Waals surface area contributed by atoms with Gasteiger partial charge < -0.3 is 5.32 Å². The molecule has 1 nitrogen and oxygen atoms in total. The molecule has 1 heterocycles. The molecule has 1 aromatic rings. The molecule has 0 aromatic heterocycles. The fraction of sp³-hybridized carbons (Fsp3) is 0.600. The summed E-state index contributed by atoms with van der Waals surface area (Å²) in [6.07, 6.45) is 6.09. The zero-order valence-corrected chi connectivity index (χ0v) is 10.6. The molecular formula is C15H22FN. The highest BCUT2D eigenvalue weighted by molar-refractivity contribution is 5.23. The minimum absolute atomic E-state index is 0.0648. The zero-order valence-electron chi connectivity index (χ0n) is 10.6. The molecular weight excluding hydrogens is 213 g/mol. The zero-order chi connectivity index (χ0) is 12.1. The molecule has 1 aromatic carbocycles. The lowest BCUT2D eigenvalue weighted by molar-refractivity contribution is 0.438. The predicted octanol–water partition coefficient (Wildman–Crippen LogP) is 3.46. The van der Waals surface area contributed by atoms with Crippen molar-refractivity contribution >= 4 is 0 Å². The monoisotopic (exact) mass is 235 g/mol. The van der Waals surface area contributed by atoms with Crippen molar-refractivity contribution in [3.05, 3.63) is 35.1 Å². The molecule has 1 aliphatic rings. The Kier molecular flexibility index (Phi) is 4.55. The average molecular weight is 235 g/mol. The first kappa shape index (κ1) is 12.6. The first-order chi connectivity index (χ1) is 8.25. The number of benzene rings is 1. The van der Waals surface area contributed by atoms with E-state index in [2.05, 4.69) is 11.4 Å². The first-order valence-corrected chi connectivity index (χ1v) is 6.71. The van der Waals surface area contributed by atoms with Crippen LogP contribution < -0.4 is 5.32 Å². The number of hydrogen-bond acceptors (Lipinski definition) is 1. The van der Waals surface area contributed by atoms with Crippen molar-refractivity contribution in [1.82, 2.24) is 5.32 Å². The van der Waals surface area contributed by atoms with Gasteiger partial charge in [0.15, 0.2) is 0 Å². The second kappa shape index (κ2) is 6.15. The van der Waals surface area contributed by atoms with Crippen molar-refractivity contribution in [1.29, 1.82) is 0 Å². The SMILES string of the molecule is Cc1ccc(CCC2CCCNCC2)cc1F. The van der Waals surface area contributed by atoms with Gasteiger partial charge in [-0.15, -0.1) is 0 Å². The van der Waals surface area contributed by atoms with E-state index in [1.165, 1.54) is 25.7 Å². The van der Waals surface area contributed by atoms with E-state index >= 15 is 0 Å². The predicted molar refractivity (Wildman–Crippen MR) is 69.7 cm³/mol. The topological polar surface area (TPSA) is 12.0 Å². The summed E-state index contributed by atoms with van der Waals surface area (Å²) in [4.78, 5) is 0. The maximum Gasteiger partial charge on any atom is 0.126 e. The molecule has 2 rings (SSSR count). The molecule has 0 saturated carbocycles. The van der Waals surface area contributed by atoms with Gasteiger partial charge in [-0.1, -0.05) is 12.1 Å². The van der Waals surface area contributed by atoms with Crippen LogP contribution in [0.25, 0.3) is 0 Å². The maximum atomic E-state index is 13.4. The van der Waals surface area contributed by atoms with E-state index in [9.17, 15) is 4.39 Å². The highest BCUT2D eigenvalue weighted by Gasteiger charge is 2.11. The summed E-state index contributed by atoms with van der Waals surface area (Å²) < 4.78 is 13.4. The summed E-state index contributed by atoms with van der Waals surface area (Å²) in [7, 11) is 0. The lowest BCUT2D eigenvalue weighted by Gasteiger charge is -2.13. The molecule has 0 spiro atoms. The molecule has 94 valence electrons. The lowest BCUT2D eigenvalue weighted by atomic mass is 9.93. The Morgan fingerprint density at radius 3 is 3.00 bits per heavy atom. The second-order valence-corrected chi connectivity index (χ2v) is 5.17. The van der Waals surface area contributed by atoms with Crippen LogP contribution in [-0.4, -0.2) is 13.1 Å². The number of nitrogens with one attached hydrogen (secondary N) is 1. The van der Waals surface area contributed by atoms with Gasteiger partial charge in [-0.3, -0.25) is 0 Å². The van der Waals surface area contributed by atoms with Crippen molar-refractivity contribution in [2.24, 2.45) is 5.92 Å². The number of halogens is 1. The van der Waals surface area contributed by atoms with E-state index < -0.39 is 0 Å². The number of hydrogen-bond donors (Lipinski definition) is 1. The van der Waals surface area contributed by atoms with E-state index in [-0.39, 0.29) is 5.82 Å². The Morgan fingerprint density at radius 2 is 2.18 bits per heavy atom. The quantitative estimate of drug-likeness (QED) is 0.846. The Morgan fingerprint density at radius 1 is 1.29 bits per heavy atom. The minimum atomic E-state index is -0.0648. The van der Waals surface area contributed by atoms with E-state index in [0.29, 0.717) is 0 Å². The van der Waals surface area contributed by atoms with Crippen LogP contribution in [0.4, 0.5) is 4.39 Å². The fourth-order valence-electron chi connectivity index (χ4n) is 2.54. The van der Waals surface area contributed by atoms with Crippen molar-refractivity contribution in [2.45, 2.75) is 39.0 Å². The first-order valence-electron chi connectivity index (χ1n) is 6.71. The van der Waals surface area contributed by atoms with Crippen LogP contribution in [0.1, 0.15) is 36.8 Å². The van der Waals surface area contributed by atoms with Gasteiger partial charge in [0.05, 0.1) is 0 Å². The molecule has 1 N–H and O–H groups in total. The van der Waals surface area contributed by atoms with E-state index in [1.54, 1.807) is 6.07 Å². The summed E-state index contributed by atoms with van der Waals surface area (Å²) in [5, 5.41) is 3.43. The van der Waals surface area contributed by atoms with Gasteiger partial charge in [0, 0.05) is 0 Å². The summed E-state index contributed by atoms with van der Waals surface area (Å²) in [5.41, 5.74) is 1.89. The molecule has 1 atom stereocenters. The van der Waals surface area contributed by atoms with Gasteiger partial charge in [0.25, 0.3) is 0 Å². The van der Waals surface area contributed by atoms with Crippen LogP contribution in [-0.2, 0) is 6.42 Å². The molecule has 0 aliphatic carbocycles. The third kappa shape index (κ3) is 3.81. The second-order valence-electron chi connectivity index (χ2n) is 5.17. The van der Waals surface area contributed by atoms with Crippen LogP contribution in [0.5, 0.6) is 0 Å². The van der Waals surface area contributed by atoms with Crippen LogP contribution in [0.2, 0.25) is 0 Å². The molecule has 0 amide bonds. The summed E-state index contributed by atoms with van der Waals surface area (Å²) in [6, 6.07) is 5.65. The van der Waals surface area contributed by atoms with E-state index in [0.717, 1.165) is 36.6 Å². The van der Waals surface area contributed by atoms with Crippen molar-refractivity contribution < 1.29 is 4.39 Å². The van der Waals surface area contributed by atoms with Gasteiger partial charge in [-0.25, -0.2) is 4.39 Å². The van der Waals surface area contributed by atoms with Crippen molar-refractivity contribution in [2.75, 3.05) is 13.1 Å². The molecule has 1 aliphatic heterocycles. The number of aryl methyl sites for hydroxylation is 2. The summed E-state index contributed by atoms with van der Waals surface area (Å²) in [6.45, 7) is 4.12. The van der Waals surface area contributed by atoms with Gasteiger partial charge in [0.1, 0.15) is 5.82 Å². The van der Waals surface area contributed by atoms with Gasteiger partial charge in [-0.2, -0.15) is 0 Å². The van der Waals surface area contributed by atoms with E-state index in [1.807, 2.05) is 13.0 Å². The number of rotatable bonds is 3. The Balaban J connectivity index is 1.85. The van der Waals surface area contributed by atoms with Gasteiger partial charge in [-0.05, 0) is 75.2 Å². The average Bonchev–Trinajstić information content (AvgIpc) is 2.59. The van der Waals surface area contributed by atoms with Gasteiger partial charge >= 0.3 is 0 Å². The molecule has 2 heteroatoms. The Bertz CT molecular complexity index is 354. The molecule has 17 heavy (non-hydrogen) atoms. The van der Waals surface area contributed by atoms with Crippen LogP contribution in [0.3, 0.4) is 0 Å². The maximum absolute atomic E-state index is 13.4. The van der Waals surface area contributed by atoms with Gasteiger partial charge in [0.2, 0.25) is 0 Å². The highest BCUT2D eigenvalue weighted by atomic mass is 19.1. The summed E-state index contributed by atoms with van der Waals surface area (Å²) >= 11 is 0. The molecule has 1 saturated heterocycles. The standard InChI is InChI=1S/C15H22FN/c1-12-4-5-14(11-15(12)16)7-6-13-3-2-9-17-10-8-13/h4-5,11,13,17H,2-3,6-10H2,1H3. The smallest absolute Gasteiger partial charge is 0.126 e. The highest BCUT2D eigenvalue weighted by Crippen LogP contribution is 2.20. The third-order valence-corrected chi connectivity index (χ3v) is 3.77. The molecule has 0 radical (unpaired) electrons. The molecule has 0 bridgehead atoms. The fourth-order valence-corrected chi connectivity index (χ4v) is 2.54. The van der Waals surface area contributed by atoms with Crippen molar-refractivity contribution in [3.63, 3.8) is 0 Å². The van der Waals surface area contributed by atoms with E-state index in [4.69, 9.17) is 0 Å². The molecule has 1 unspecified atom stereocenters. The summed E-state index contributed by atoms with van der Waals surface area (Å²) in [5.74, 6) is 0.749. The molecule has 1 fully saturated rings. The van der Waals surface area contributed by atoms with Crippen LogP contribution >= 0.6 is 0 Å². The third-order valence-electron chi connectivity index (χ3n) is 3.77. The van der Waals surface area contributed by atoms with Crippen LogP contribution in [0.15, 0.2) is 18.2 Å². The largest absolute Gasteiger partial charge is 0.317 e. The van der Waals surface area contributed by atoms with Crippen molar-refractivity contribution in [3.8, 4) is 0 Å². The minimum Gasteiger partial charge on any atom is -0.317 e. The normalized spacial score (nSPS) is 21.2. The van der Waals surface area contributed by atoms with Crippen LogP contribution in [0, 0.1) is 18.7 Å². The Hall–Kier alpha value is -0.890. The Labute approximate surface area is 103 Å². The lowest BCUT2D eigenvalue weighted by Crippen LogP contribution is -2.14.